The number of piperidine rings is 1. The lowest BCUT2D eigenvalue weighted by molar-refractivity contribution is -0.137. The monoisotopic (exact) mass is 450 g/mol. The first kappa shape index (κ1) is 24.4. The molecule has 0 radical (unpaired) electrons. The molecule has 8 heteroatoms. The van der Waals surface area contributed by atoms with Gasteiger partial charge in [0.1, 0.15) is 0 Å². The summed E-state index contributed by atoms with van der Waals surface area (Å²) < 4.78 is 40.0. The van der Waals surface area contributed by atoms with Crippen molar-refractivity contribution in [1.82, 2.24) is 10.2 Å². The molecule has 2 atom stereocenters. The zero-order chi connectivity index (χ0) is 23.5. The van der Waals surface area contributed by atoms with E-state index in [0.717, 1.165) is 38.5 Å². The largest absolute Gasteiger partial charge is 0.417 e. The molecule has 0 aromatic heterocycles. The van der Waals surface area contributed by atoms with Crippen molar-refractivity contribution >= 4 is 11.6 Å². The van der Waals surface area contributed by atoms with Crippen LogP contribution >= 0.6 is 0 Å². The smallest absolute Gasteiger partial charge is 0.372 e. The van der Waals surface area contributed by atoms with Crippen LogP contribution in [0.2, 0.25) is 0 Å². The molecular formula is C24H33F3N4O. The molecule has 2 fully saturated rings. The molecule has 2 heterocycles. The minimum Gasteiger partial charge on any atom is -0.372 e. The lowest BCUT2D eigenvalue weighted by Crippen LogP contribution is -2.41. The molecular weight excluding hydrogens is 417 g/mol. The van der Waals surface area contributed by atoms with Crippen LogP contribution in [-0.4, -0.2) is 50.1 Å². The van der Waals surface area contributed by atoms with E-state index in [1.165, 1.54) is 6.07 Å². The van der Waals surface area contributed by atoms with E-state index in [-0.39, 0.29) is 23.3 Å². The summed E-state index contributed by atoms with van der Waals surface area (Å²) in [7, 11) is 0. The Bertz CT molecular complexity index is 841. The fourth-order valence-electron chi connectivity index (χ4n) is 5.29. The van der Waals surface area contributed by atoms with Crippen molar-refractivity contribution < 1.29 is 18.0 Å². The Labute approximate surface area is 188 Å². The Morgan fingerprint density at radius 1 is 1.25 bits per heavy atom. The van der Waals surface area contributed by atoms with Crippen molar-refractivity contribution in [3.8, 4) is 6.07 Å². The number of amides is 1. The third kappa shape index (κ3) is 5.55. The Balaban J connectivity index is 1.70. The van der Waals surface area contributed by atoms with Gasteiger partial charge in [0.2, 0.25) is 5.91 Å². The summed E-state index contributed by atoms with van der Waals surface area (Å²) in [6.45, 7) is 10.9. The molecule has 3 rings (SSSR count). The second-order valence-electron chi connectivity index (χ2n) is 9.44. The maximum atomic E-state index is 13.3. The van der Waals surface area contributed by atoms with E-state index in [9.17, 15) is 18.0 Å². The maximum Gasteiger partial charge on any atom is 0.417 e. The average Bonchev–Trinajstić information content (AvgIpc) is 3.16. The van der Waals surface area contributed by atoms with Crippen molar-refractivity contribution in [2.45, 2.75) is 39.8 Å². The highest BCUT2D eigenvalue weighted by Gasteiger charge is 2.42. The van der Waals surface area contributed by atoms with Crippen LogP contribution in [0.15, 0.2) is 18.2 Å². The van der Waals surface area contributed by atoms with Gasteiger partial charge in [-0.05, 0) is 55.7 Å². The highest BCUT2D eigenvalue weighted by molar-refractivity contribution is 5.79. The van der Waals surface area contributed by atoms with Gasteiger partial charge in [-0.25, -0.2) is 0 Å². The van der Waals surface area contributed by atoms with Gasteiger partial charge in [0, 0.05) is 45.0 Å². The van der Waals surface area contributed by atoms with Gasteiger partial charge in [-0.1, -0.05) is 13.8 Å². The van der Waals surface area contributed by atoms with E-state index in [4.69, 9.17) is 5.26 Å². The van der Waals surface area contributed by atoms with E-state index in [0.29, 0.717) is 37.2 Å². The second-order valence-corrected chi connectivity index (χ2v) is 9.44. The summed E-state index contributed by atoms with van der Waals surface area (Å²) in [6.07, 6.45) is -2.86. The number of benzene rings is 1. The van der Waals surface area contributed by atoms with Gasteiger partial charge < -0.3 is 15.1 Å². The molecule has 0 unspecified atom stereocenters. The number of nitriles is 1. The molecule has 0 bridgehead atoms. The molecule has 5 nitrogen and oxygen atoms in total. The molecule has 2 saturated heterocycles. The predicted octanol–water partition coefficient (Wildman–Crippen LogP) is 4.13. The van der Waals surface area contributed by atoms with Gasteiger partial charge in [0.05, 0.1) is 23.1 Å². The lowest BCUT2D eigenvalue weighted by Gasteiger charge is -2.37. The SMILES string of the molecule is CCNC(=O)[C@@H]1CN(CC(C)C)C[C@H]1C1CCN(c2ccc(C#N)c(C(F)(F)F)c2)CC1. The summed E-state index contributed by atoms with van der Waals surface area (Å²) in [5, 5.41) is 12.0. The summed E-state index contributed by atoms with van der Waals surface area (Å²) >= 11 is 0. The van der Waals surface area contributed by atoms with Crippen LogP contribution in [0.1, 0.15) is 44.7 Å². The number of carbonyl (C=O) groups is 1. The zero-order valence-electron chi connectivity index (χ0n) is 19.1. The van der Waals surface area contributed by atoms with Crippen LogP contribution in [0.3, 0.4) is 0 Å². The van der Waals surface area contributed by atoms with Crippen LogP contribution in [0.5, 0.6) is 0 Å². The molecule has 32 heavy (non-hydrogen) atoms. The molecule has 1 aromatic carbocycles. The molecule has 1 N–H and O–H groups in total. The van der Waals surface area contributed by atoms with Crippen LogP contribution in [0.4, 0.5) is 18.9 Å². The number of nitrogens with zero attached hydrogens (tertiary/aromatic N) is 3. The third-order valence-electron chi connectivity index (χ3n) is 6.69. The molecule has 0 aliphatic carbocycles. The second kappa shape index (κ2) is 10.1. The highest BCUT2D eigenvalue weighted by atomic mass is 19.4. The Morgan fingerprint density at radius 3 is 2.50 bits per heavy atom. The van der Waals surface area contributed by atoms with Crippen LogP contribution in [0.25, 0.3) is 0 Å². The number of alkyl halides is 3. The summed E-state index contributed by atoms with van der Waals surface area (Å²) in [4.78, 5) is 17.1. The van der Waals surface area contributed by atoms with Gasteiger partial charge in [-0.15, -0.1) is 0 Å². The van der Waals surface area contributed by atoms with Gasteiger partial charge in [-0.2, -0.15) is 18.4 Å². The first-order chi connectivity index (χ1) is 15.1. The fourth-order valence-corrected chi connectivity index (χ4v) is 5.29. The number of anilines is 1. The Kier molecular flexibility index (Phi) is 7.71. The normalized spacial score (nSPS) is 22.9. The highest BCUT2D eigenvalue weighted by Crippen LogP contribution is 2.39. The average molecular weight is 451 g/mol. The molecule has 2 aliphatic rings. The Hall–Kier alpha value is -2.27. The van der Waals surface area contributed by atoms with Gasteiger partial charge >= 0.3 is 6.18 Å². The third-order valence-corrected chi connectivity index (χ3v) is 6.69. The van der Waals surface area contributed by atoms with Crippen molar-refractivity contribution in [2.24, 2.45) is 23.7 Å². The maximum absolute atomic E-state index is 13.3. The van der Waals surface area contributed by atoms with E-state index < -0.39 is 11.7 Å². The zero-order valence-corrected chi connectivity index (χ0v) is 19.1. The number of likely N-dealkylation sites (tertiary alicyclic amines) is 1. The quantitative estimate of drug-likeness (QED) is 0.708. The van der Waals surface area contributed by atoms with E-state index in [1.807, 2.05) is 11.8 Å². The number of halogens is 3. The first-order valence-corrected chi connectivity index (χ1v) is 11.5. The topological polar surface area (TPSA) is 59.4 Å². The number of nitrogens with one attached hydrogen (secondary N) is 1. The summed E-state index contributed by atoms with van der Waals surface area (Å²) in [5.74, 6) is 1.26. The van der Waals surface area contributed by atoms with E-state index in [2.05, 4.69) is 24.1 Å². The van der Waals surface area contributed by atoms with Crippen molar-refractivity contribution in [3.63, 3.8) is 0 Å². The Morgan fingerprint density at radius 2 is 1.94 bits per heavy atom. The van der Waals surface area contributed by atoms with Crippen LogP contribution in [0, 0.1) is 35.0 Å². The fraction of sp³-hybridized carbons (Fsp3) is 0.667. The molecule has 1 aromatic rings. The van der Waals surface area contributed by atoms with Gasteiger partial charge in [0.15, 0.2) is 0 Å². The van der Waals surface area contributed by atoms with E-state index in [1.54, 1.807) is 12.1 Å². The molecule has 0 spiro atoms. The number of carbonyl (C=O) groups excluding carboxylic acids is 1. The standard InChI is InChI=1S/C24H33F3N4O/c1-4-29-23(32)21-15-30(13-16(2)3)14-20(21)17-7-9-31(10-8-17)19-6-5-18(12-28)22(11-19)24(25,26)27/h5-6,11,16-17,20-21H,4,7-10,13-15H2,1-3H3,(H,29,32)/t20-,21+/m0/s1. The van der Waals surface area contributed by atoms with Crippen molar-refractivity contribution in [1.29, 1.82) is 5.26 Å². The van der Waals surface area contributed by atoms with Crippen LogP contribution < -0.4 is 10.2 Å². The number of hydrogen-bond donors (Lipinski definition) is 1. The van der Waals surface area contributed by atoms with Gasteiger partial charge in [0.25, 0.3) is 0 Å². The van der Waals surface area contributed by atoms with E-state index >= 15 is 0 Å². The van der Waals surface area contributed by atoms with Crippen molar-refractivity contribution in [2.75, 3.05) is 44.2 Å². The minimum absolute atomic E-state index is 0.0306. The summed E-state index contributed by atoms with van der Waals surface area (Å²) in [5.41, 5.74) is -0.726. The molecule has 2 aliphatic heterocycles. The lowest BCUT2D eigenvalue weighted by atomic mass is 9.78. The molecule has 176 valence electrons. The van der Waals surface area contributed by atoms with Crippen molar-refractivity contribution in [3.05, 3.63) is 29.3 Å². The minimum atomic E-state index is -4.55. The summed E-state index contributed by atoms with van der Waals surface area (Å²) in [6, 6.07) is 5.59. The molecule has 1 amide bonds. The first-order valence-electron chi connectivity index (χ1n) is 11.5. The molecule has 0 saturated carbocycles. The number of rotatable bonds is 6. The van der Waals surface area contributed by atoms with Gasteiger partial charge in [-0.3, -0.25) is 4.79 Å². The van der Waals surface area contributed by atoms with Crippen LogP contribution in [-0.2, 0) is 11.0 Å². The number of hydrogen-bond acceptors (Lipinski definition) is 4. The predicted molar refractivity (Wildman–Crippen MR) is 118 cm³/mol.